The number of carbonyl (C=O) groups excluding carboxylic acids is 1. The van der Waals surface area contributed by atoms with Gasteiger partial charge in [-0.2, -0.15) is 13.2 Å². The Morgan fingerprint density at radius 1 is 1.08 bits per heavy atom. The maximum atomic E-state index is 14.1. The molecule has 0 aliphatic heterocycles. The van der Waals surface area contributed by atoms with Crippen LogP contribution < -0.4 is 9.47 Å². The number of esters is 1. The van der Waals surface area contributed by atoms with E-state index in [9.17, 15) is 22.4 Å². The van der Waals surface area contributed by atoms with Crippen LogP contribution in [0.5, 0.6) is 11.5 Å². The molecule has 0 aliphatic carbocycles. The topological polar surface area (TPSA) is 35.5 Å². The lowest BCUT2D eigenvalue weighted by Gasteiger charge is -2.16. The standard InChI is InChI=1S/C19H18F4O3/c1-3-12-8-9-17(14(10-12)19(21,22)23)25-11-13-15(20)6-5-7-16(13)26-18(24)4-2/h5-10H,3-4,11H2,1-2H3. The van der Waals surface area contributed by atoms with Gasteiger partial charge in [0.1, 0.15) is 23.9 Å². The molecule has 140 valence electrons. The number of alkyl halides is 3. The van der Waals surface area contributed by atoms with Crippen molar-refractivity contribution in [2.75, 3.05) is 0 Å². The van der Waals surface area contributed by atoms with Gasteiger partial charge in [0.05, 0.1) is 11.1 Å². The zero-order chi connectivity index (χ0) is 19.3. The van der Waals surface area contributed by atoms with Crippen LogP contribution in [0.4, 0.5) is 17.6 Å². The van der Waals surface area contributed by atoms with Crippen LogP contribution >= 0.6 is 0 Å². The van der Waals surface area contributed by atoms with Crippen LogP contribution in [-0.4, -0.2) is 5.97 Å². The average Bonchev–Trinajstić information content (AvgIpc) is 2.60. The number of rotatable bonds is 6. The summed E-state index contributed by atoms with van der Waals surface area (Å²) in [5.74, 6) is -1.80. The zero-order valence-electron chi connectivity index (χ0n) is 14.3. The fraction of sp³-hybridized carbons (Fsp3) is 0.316. The molecule has 0 spiro atoms. The third-order valence-corrected chi connectivity index (χ3v) is 3.72. The Bertz CT molecular complexity index is 785. The molecule has 0 radical (unpaired) electrons. The number of carbonyl (C=O) groups is 1. The van der Waals surface area contributed by atoms with E-state index in [0.717, 1.165) is 12.1 Å². The van der Waals surface area contributed by atoms with E-state index < -0.39 is 35.9 Å². The highest BCUT2D eigenvalue weighted by Crippen LogP contribution is 2.37. The van der Waals surface area contributed by atoms with Crippen LogP contribution in [-0.2, 0) is 24.0 Å². The summed E-state index contributed by atoms with van der Waals surface area (Å²) in [5, 5.41) is 0. The van der Waals surface area contributed by atoms with Gasteiger partial charge < -0.3 is 9.47 Å². The monoisotopic (exact) mass is 370 g/mol. The largest absolute Gasteiger partial charge is 0.488 e. The van der Waals surface area contributed by atoms with E-state index in [-0.39, 0.29) is 17.7 Å². The second-order valence-corrected chi connectivity index (χ2v) is 5.51. The lowest BCUT2D eigenvalue weighted by atomic mass is 10.1. The highest BCUT2D eigenvalue weighted by Gasteiger charge is 2.34. The minimum absolute atomic E-state index is 0.0735. The fourth-order valence-corrected chi connectivity index (χ4v) is 2.26. The van der Waals surface area contributed by atoms with Crippen molar-refractivity contribution in [1.29, 1.82) is 0 Å². The first-order chi connectivity index (χ1) is 12.3. The predicted octanol–water partition coefficient (Wildman–Crippen LogP) is 5.30. The van der Waals surface area contributed by atoms with Gasteiger partial charge in [0.15, 0.2) is 0 Å². The molecule has 0 saturated heterocycles. The Balaban J connectivity index is 2.31. The second kappa shape index (κ2) is 8.21. The van der Waals surface area contributed by atoms with Crippen LogP contribution in [0.15, 0.2) is 36.4 Å². The number of benzene rings is 2. The molecule has 2 rings (SSSR count). The molecule has 2 aromatic carbocycles. The first-order valence-electron chi connectivity index (χ1n) is 8.07. The van der Waals surface area contributed by atoms with Crippen molar-refractivity contribution in [3.05, 3.63) is 58.9 Å². The van der Waals surface area contributed by atoms with Gasteiger partial charge in [-0.3, -0.25) is 4.79 Å². The number of aryl methyl sites for hydroxylation is 1. The van der Waals surface area contributed by atoms with Gasteiger partial charge in [-0.05, 0) is 36.2 Å². The highest BCUT2D eigenvalue weighted by atomic mass is 19.4. The minimum atomic E-state index is -4.60. The molecule has 0 N–H and O–H groups in total. The molecule has 3 nitrogen and oxygen atoms in total. The minimum Gasteiger partial charge on any atom is -0.488 e. The van der Waals surface area contributed by atoms with Crippen molar-refractivity contribution < 1.29 is 31.8 Å². The third kappa shape index (κ3) is 4.74. The van der Waals surface area contributed by atoms with Crippen LogP contribution in [0.25, 0.3) is 0 Å². The highest BCUT2D eigenvalue weighted by molar-refractivity contribution is 5.72. The molecule has 0 atom stereocenters. The van der Waals surface area contributed by atoms with E-state index in [1.165, 1.54) is 24.3 Å². The van der Waals surface area contributed by atoms with Gasteiger partial charge >= 0.3 is 12.1 Å². The van der Waals surface area contributed by atoms with Crippen molar-refractivity contribution in [2.45, 2.75) is 39.5 Å². The quantitative estimate of drug-likeness (QED) is 0.393. The van der Waals surface area contributed by atoms with Crippen molar-refractivity contribution in [3.63, 3.8) is 0 Å². The SMILES string of the molecule is CCC(=O)Oc1cccc(F)c1COc1ccc(CC)cc1C(F)(F)F. The van der Waals surface area contributed by atoms with Crippen molar-refractivity contribution >= 4 is 5.97 Å². The van der Waals surface area contributed by atoms with E-state index >= 15 is 0 Å². The summed E-state index contributed by atoms with van der Waals surface area (Å²) in [6, 6.07) is 7.56. The predicted molar refractivity (Wildman–Crippen MR) is 87.5 cm³/mol. The van der Waals surface area contributed by atoms with Crippen LogP contribution in [0.2, 0.25) is 0 Å². The zero-order valence-corrected chi connectivity index (χ0v) is 14.3. The molecule has 0 unspecified atom stereocenters. The Hall–Kier alpha value is -2.57. The normalized spacial score (nSPS) is 11.3. The van der Waals surface area contributed by atoms with Gasteiger partial charge in [0.25, 0.3) is 0 Å². The number of halogens is 4. The molecular formula is C19H18F4O3. The lowest BCUT2D eigenvalue weighted by Crippen LogP contribution is -2.12. The van der Waals surface area contributed by atoms with Gasteiger partial charge in [0, 0.05) is 6.42 Å². The summed E-state index contributed by atoms with van der Waals surface area (Å²) in [4.78, 5) is 11.4. The van der Waals surface area contributed by atoms with E-state index in [2.05, 4.69) is 0 Å². The third-order valence-electron chi connectivity index (χ3n) is 3.72. The molecule has 0 aliphatic rings. The van der Waals surface area contributed by atoms with Crippen molar-refractivity contribution in [1.82, 2.24) is 0 Å². The van der Waals surface area contributed by atoms with Gasteiger partial charge in [-0.1, -0.05) is 26.0 Å². The summed E-state index contributed by atoms with van der Waals surface area (Å²) in [6.45, 7) is 2.81. The molecular weight excluding hydrogens is 352 g/mol. The van der Waals surface area contributed by atoms with Crippen LogP contribution in [0.3, 0.4) is 0 Å². The molecule has 0 amide bonds. The molecule has 0 heterocycles. The maximum absolute atomic E-state index is 14.1. The van der Waals surface area contributed by atoms with Crippen molar-refractivity contribution in [3.8, 4) is 11.5 Å². The van der Waals surface area contributed by atoms with E-state index in [1.54, 1.807) is 13.8 Å². The summed E-state index contributed by atoms with van der Waals surface area (Å²) in [6.07, 6.45) is -4.09. The molecule has 0 saturated carbocycles. The van der Waals surface area contributed by atoms with Gasteiger partial charge in [-0.15, -0.1) is 0 Å². The number of hydrogen-bond acceptors (Lipinski definition) is 3. The van der Waals surface area contributed by atoms with E-state index in [4.69, 9.17) is 9.47 Å². The summed E-state index contributed by atoms with van der Waals surface area (Å²) >= 11 is 0. The summed E-state index contributed by atoms with van der Waals surface area (Å²) in [5.41, 5.74) is -0.546. The van der Waals surface area contributed by atoms with E-state index in [1.807, 2.05) is 0 Å². The Morgan fingerprint density at radius 2 is 1.81 bits per heavy atom. The van der Waals surface area contributed by atoms with E-state index in [0.29, 0.717) is 12.0 Å². The maximum Gasteiger partial charge on any atom is 0.419 e. The molecule has 26 heavy (non-hydrogen) atoms. The second-order valence-electron chi connectivity index (χ2n) is 5.51. The molecule has 0 aromatic heterocycles. The van der Waals surface area contributed by atoms with Gasteiger partial charge in [-0.25, -0.2) is 4.39 Å². The molecule has 2 aromatic rings. The Morgan fingerprint density at radius 3 is 2.42 bits per heavy atom. The molecule has 0 fully saturated rings. The lowest BCUT2D eigenvalue weighted by molar-refractivity contribution is -0.139. The van der Waals surface area contributed by atoms with Crippen molar-refractivity contribution in [2.24, 2.45) is 0 Å². The van der Waals surface area contributed by atoms with Gasteiger partial charge in [0.2, 0.25) is 0 Å². The van der Waals surface area contributed by atoms with Crippen LogP contribution in [0.1, 0.15) is 37.0 Å². The summed E-state index contributed by atoms with van der Waals surface area (Å²) in [7, 11) is 0. The summed E-state index contributed by atoms with van der Waals surface area (Å²) < 4.78 is 64.0. The average molecular weight is 370 g/mol. The first kappa shape index (κ1) is 19.8. The Labute approximate surface area is 148 Å². The number of hydrogen-bond donors (Lipinski definition) is 0. The number of ether oxygens (including phenoxy) is 2. The van der Waals surface area contributed by atoms with Crippen LogP contribution in [0, 0.1) is 5.82 Å². The Kier molecular flexibility index (Phi) is 6.23. The molecule has 0 bridgehead atoms. The first-order valence-corrected chi connectivity index (χ1v) is 8.07. The molecule has 7 heteroatoms. The smallest absolute Gasteiger partial charge is 0.419 e. The fourth-order valence-electron chi connectivity index (χ4n) is 2.26.